The van der Waals surface area contributed by atoms with Gasteiger partial charge >= 0.3 is 0 Å². The Morgan fingerprint density at radius 2 is 1.53 bits per heavy atom. The fraction of sp³-hybridized carbons (Fsp3) is 0.486. The number of ether oxygens (including phenoxy) is 4. The van der Waals surface area contributed by atoms with Crippen LogP contribution in [0.2, 0.25) is 0 Å². The summed E-state index contributed by atoms with van der Waals surface area (Å²) in [5.74, 6) is 0.902. The van der Waals surface area contributed by atoms with Crippen LogP contribution in [0.4, 0.5) is 0 Å². The summed E-state index contributed by atoms with van der Waals surface area (Å²) in [6.07, 6.45) is 2.90. The first-order valence-electron chi connectivity index (χ1n) is 16.8. The van der Waals surface area contributed by atoms with Gasteiger partial charge in [0, 0.05) is 31.7 Å². The molecular weight excluding hydrogens is 628 g/mol. The first kappa shape index (κ1) is 37.3. The maximum atomic E-state index is 12.6. The van der Waals surface area contributed by atoms with E-state index in [4.69, 9.17) is 23.9 Å². The number of nitrogens with one attached hydrogen (secondary N) is 3. The van der Waals surface area contributed by atoms with Crippen LogP contribution in [0.15, 0.2) is 48.5 Å². The summed E-state index contributed by atoms with van der Waals surface area (Å²) in [7, 11) is 0. The molecule has 0 fully saturated rings. The molecule has 2 aromatic heterocycles. The molecule has 49 heavy (non-hydrogen) atoms. The van der Waals surface area contributed by atoms with Crippen LogP contribution < -0.4 is 10.6 Å². The molecule has 4 rings (SSSR count). The van der Waals surface area contributed by atoms with Crippen LogP contribution in [-0.2, 0) is 48.0 Å². The highest BCUT2D eigenvalue weighted by Gasteiger charge is 2.17. The number of carbonyl (C=O) groups excluding carboxylic acids is 2. The zero-order chi connectivity index (χ0) is 34.7. The summed E-state index contributed by atoms with van der Waals surface area (Å²) >= 11 is 0. The third-order valence-electron chi connectivity index (χ3n) is 7.66. The first-order valence-corrected chi connectivity index (χ1v) is 16.8. The molecule has 0 bridgehead atoms. The molecule has 0 atom stereocenters. The Morgan fingerprint density at radius 1 is 0.837 bits per heavy atom. The Balaban J connectivity index is 1.25. The molecule has 14 heteroatoms. The number of imidazole rings is 1. The molecule has 0 saturated carbocycles. The number of hydrogen-bond donors (Lipinski definition) is 3. The number of tetrazole rings is 1. The van der Waals surface area contributed by atoms with Gasteiger partial charge in [0.2, 0.25) is 17.6 Å². The minimum absolute atomic E-state index is 0.221. The highest BCUT2D eigenvalue weighted by molar-refractivity contribution is 5.80. The highest BCUT2D eigenvalue weighted by Crippen LogP contribution is 2.30. The number of hydrogen-bond acceptors (Lipinski definition) is 10. The Morgan fingerprint density at radius 3 is 2.22 bits per heavy atom. The van der Waals surface area contributed by atoms with E-state index in [2.05, 4.69) is 67.0 Å². The Bertz CT molecular complexity index is 1560. The first-order chi connectivity index (χ1) is 24.0. The lowest BCUT2D eigenvalue weighted by atomic mass is 9.98. The predicted octanol–water partition coefficient (Wildman–Crippen LogP) is 3.25. The third-order valence-corrected chi connectivity index (χ3v) is 7.66. The van der Waals surface area contributed by atoms with Crippen LogP contribution in [0.25, 0.3) is 22.5 Å². The lowest BCUT2D eigenvalue weighted by Crippen LogP contribution is -2.33. The van der Waals surface area contributed by atoms with E-state index >= 15 is 0 Å². The predicted molar refractivity (Wildman–Crippen MR) is 184 cm³/mol. The van der Waals surface area contributed by atoms with Crippen molar-refractivity contribution in [2.75, 3.05) is 59.4 Å². The van der Waals surface area contributed by atoms with E-state index in [-0.39, 0.29) is 25.0 Å². The van der Waals surface area contributed by atoms with Crippen LogP contribution in [-0.4, -0.2) is 101 Å². The van der Waals surface area contributed by atoms with Gasteiger partial charge in [-0.3, -0.25) is 9.59 Å². The number of amides is 2. The van der Waals surface area contributed by atoms with Crippen molar-refractivity contribution in [3.05, 3.63) is 71.3 Å². The summed E-state index contributed by atoms with van der Waals surface area (Å²) < 4.78 is 23.5. The van der Waals surface area contributed by atoms with Crippen molar-refractivity contribution in [2.45, 2.75) is 53.1 Å². The van der Waals surface area contributed by atoms with Crippen molar-refractivity contribution < 1.29 is 28.5 Å². The van der Waals surface area contributed by atoms with Gasteiger partial charge in [0.1, 0.15) is 19.0 Å². The number of rotatable bonds is 23. The molecule has 0 unspecified atom stereocenters. The van der Waals surface area contributed by atoms with E-state index in [0.717, 1.165) is 58.7 Å². The van der Waals surface area contributed by atoms with Gasteiger partial charge in [-0.05, 0) is 42.2 Å². The van der Waals surface area contributed by atoms with E-state index in [9.17, 15) is 9.59 Å². The molecular formula is C35H48N8O6. The third kappa shape index (κ3) is 12.2. The monoisotopic (exact) mass is 676 g/mol. The van der Waals surface area contributed by atoms with Crippen molar-refractivity contribution in [3.63, 3.8) is 0 Å². The molecule has 4 aromatic rings. The average Bonchev–Trinajstić information content (AvgIpc) is 3.75. The van der Waals surface area contributed by atoms with Crippen molar-refractivity contribution >= 4 is 11.8 Å². The topological polar surface area (TPSA) is 167 Å². The molecule has 0 aliphatic carbocycles. The lowest BCUT2D eigenvalue weighted by molar-refractivity contribution is -0.131. The molecule has 2 amide bonds. The van der Waals surface area contributed by atoms with Crippen LogP contribution >= 0.6 is 0 Å². The van der Waals surface area contributed by atoms with Crippen LogP contribution in [0.5, 0.6) is 0 Å². The fourth-order valence-corrected chi connectivity index (χ4v) is 5.15. The summed E-state index contributed by atoms with van der Waals surface area (Å²) in [5.41, 5.74) is 5.87. The van der Waals surface area contributed by atoms with Crippen LogP contribution in [0, 0.1) is 6.92 Å². The van der Waals surface area contributed by atoms with Gasteiger partial charge in [-0.15, -0.1) is 10.2 Å². The molecule has 264 valence electrons. The summed E-state index contributed by atoms with van der Waals surface area (Å²) in [4.78, 5) is 29.6. The molecule has 0 aliphatic heterocycles. The van der Waals surface area contributed by atoms with Gasteiger partial charge in [0.15, 0.2) is 0 Å². The van der Waals surface area contributed by atoms with E-state index in [0.29, 0.717) is 65.1 Å². The van der Waals surface area contributed by atoms with Gasteiger partial charge in [-0.1, -0.05) is 61.9 Å². The number of aromatic amines is 1. The number of benzene rings is 2. The molecule has 0 aliphatic rings. The summed E-state index contributed by atoms with van der Waals surface area (Å²) in [5, 5.41) is 20.2. The number of aryl methyl sites for hydroxylation is 2. The Labute approximate surface area is 287 Å². The fourth-order valence-electron chi connectivity index (χ4n) is 5.15. The van der Waals surface area contributed by atoms with Crippen LogP contribution in [0.1, 0.15) is 49.5 Å². The largest absolute Gasteiger partial charge is 0.379 e. The van der Waals surface area contributed by atoms with Gasteiger partial charge in [-0.25, -0.2) is 4.98 Å². The van der Waals surface area contributed by atoms with Crippen molar-refractivity contribution in [2.24, 2.45) is 0 Å². The Hall–Kier alpha value is -4.50. The minimum atomic E-state index is -0.317. The smallest absolute Gasteiger partial charge is 0.246 e. The number of carbonyl (C=O) groups is 2. The maximum absolute atomic E-state index is 12.6. The Kier molecular flexibility index (Phi) is 15.8. The summed E-state index contributed by atoms with van der Waals surface area (Å²) in [6.45, 7) is 9.86. The van der Waals surface area contributed by atoms with E-state index in [1.165, 1.54) is 0 Å². The zero-order valence-corrected chi connectivity index (χ0v) is 28.7. The minimum Gasteiger partial charge on any atom is -0.379 e. The molecule has 2 heterocycles. The van der Waals surface area contributed by atoms with E-state index in [1.54, 1.807) is 0 Å². The van der Waals surface area contributed by atoms with Crippen molar-refractivity contribution in [1.29, 1.82) is 0 Å². The second-order valence-corrected chi connectivity index (χ2v) is 11.3. The normalized spacial score (nSPS) is 11.2. The summed E-state index contributed by atoms with van der Waals surface area (Å²) in [6, 6.07) is 16.4. The number of unbranched alkanes of at least 4 members (excludes halogenated alkanes) is 1. The lowest BCUT2D eigenvalue weighted by Gasteiger charge is -2.14. The van der Waals surface area contributed by atoms with Gasteiger partial charge in [-0.2, -0.15) is 5.21 Å². The second kappa shape index (κ2) is 20.8. The van der Waals surface area contributed by atoms with Gasteiger partial charge in [0.25, 0.3) is 0 Å². The average molecular weight is 677 g/mol. The SMILES string of the molecule is CCCCc1nc(C)c(CNC(=O)COCC(=O)NCCOCCOCCOCC)n1Cc1ccc(-c2ccccc2-c2nn[nH]n2)cc1. The molecule has 0 radical (unpaired) electrons. The quantitative estimate of drug-likeness (QED) is 0.0993. The zero-order valence-electron chi connectivity index (χ0n) is 28.7. The van der Waals surface area contributed by atoms with Gasteiger partial charge < -0.3 is 34.1 Å². The number of nitrogens with zero attached hydrogens (tertiary/aromatic N) is 5. The molecule has 2 aromatic carbocycles. The van der Waals surface area contributed by atoms with Crippen LogP contribution in [0.3, 0.4) is 0 Å². The highest BCUT2D eigenvalue weighted by atomic mass is 16.5. The number of H-pyrrole nitrogens is 1. The molecule has 3 N–H and O–H groups in total. The molecule has 14 nitrogen and oxygen atoms in total. The van der Waals surface area contributed by atoms with E-state index in [1.807, 2.05) is 38.1 Å². The maximum Gasteiger partial charge on any atom is 0.246 e. The van der Waals surface area contributed by atoms with Gasteiger partial charge in [0.05, 0.1) is 51.0 Å². The molecule has 0 saturated heterocycles. The standard InChI is InChI=1S/C35H48N8O6/c1-4-6-11-32-38-26(3)31(22-37-34(45)25-49-24-33(44)36-16-17-47-20-21-48-19-18-46-5-2)43(32)23-27-12-14-28(15-13-27)29-9-7-8-10-30(29)35-39-41-42-40-35/h7-10,12-15H,4-6,11,16-25H2,1-3H3,(H,36,44)(H,37,45)(H,39,40,41,42). The second-order valence-electron chi connectivity index (χ2n) is 11.3. The number of aromatic nitrogens is 6. The molecule has 0 spiro atoms. The van der Waals surface area contributed by atoms with Crippen molar-refractivity contribution in [1.82, 2.24) is 40.8 Å². The van der Waals surface area contributed by atoms with E-state index < -0.39 is 0 Å². The van der Waals surface area contributed by atoms with Crippen molar-refractivity contribution in [3.8, 4) is 22.5 Å².